The van der Waals surface area contributed by atoms with Crippen LogP contribution in [-0.2, 0) is 25.8 Å². The Bertz CT molecular complexity index is 1170. The Hall–Kier alpha value is -2.65. The van der Waals surface area contributed by atoms with Gasteiger partial charge in [-0.1, -0.05) is 56.3 Å². The van der Waals surface area contributed by atoms with Gasteiger partial charge in [0, 0.05) is 35.5 Å². The summed E-state index contributed by atoms with van der Waals surface area (Å²) in [4.78, 5) is 7.76. The van der Waals surface area contributed by atoms with Crippen molar-refractivity contribution in [2.24, 2.45) is 0 Å². The molecule has 0 saturated heterocycles. The molecule has 1 atom stereocenters. The molecule has 0 aliphatic heterocycles. The molecular formula is C33H42N2O. The summed E-state index contributed by atoms with van der Waals surface area (Å²) in [6.45, 7) is 7.53. The van der Waals surface area contributed by atoms with Gasteiger partial charge in [0.15, 0.2) is 0 Å². The maximum absolute atomic E-state index is 6.79. The van der Waals surface area contributed by atoms with Gasteiger partial charge < -0.3 is 4.74 Å². The van der Waals surface area contributed by atoms with Crippen LogP contribution in [0.4, 0.5) is 0 Å². The van der Waals surface area contributed by atoms with Crippen LogP contribution in [-0.4, -0.2) is 23.0 Å². The number of aryl methyl sites for hydroxylation is 4. The van der Waals surface area contributed by atoms with Crippen molar-refractivity contribution in [3.8, 4) is 17.0 Å². The van der Waals surface area contributed by atoms with Crippen LogP contribution in [0.3, 0.4) is 0 Å². The summed E-state index contributed by atoms with van der Waals surface area (Å²) in [6.07, 6.45) is 10.9. The van der Waals surface area contributed by atoms with E-state index in [-0.39, 0.29) is 0 Å². The number of rotatable bonds is 8. The van der Waals surface area contributed by atoms with Gasteiger partial charge in [0.2, 0.25) is 0 Å². The second kappa shape index (κ2) is 11.2. The Morgan fingerprint density at radius 2 is 1.64 bits per heavy atom. The minimum Gasteiger partial charge on any atom is -0.490 e. The van der Waals surface area contributed by atoms with Crippen molar-refractivity contribution in [3.63, 3.8) is 0 Å². The van der Waals surface area contributed by atoms with Gasteiger partial charge in [0.1, 0.15) is 5.75 Å². The molecule has 0 amide bonds. The predicted octanol–water partition coefficient (Wildman–Crippen LogP) is 8.01. The van der Waals surface area contributed by atoms with Gasteiger partial charge in [-0.2, -0.15) is 0 Å². The second-order valence-electron chi connectivity index (χ2n) is 10.8. The molecule has 3 aromatic rings. The predicted molar refractivity (Wildman–Crippen MR) is 150 cm³/mol. The van der Waals surface area contributed by atoms with E-state index in [1.807, 2.05) is 0 Å². The van der Waals surface area contributed by atoms with Crippen molar-refractivity contribution in [3.05, 3.63) is 82.0 Å². The fourth-order valence-electron chi connectivity index (χ4n) is 6.40. The molecule has 3 heteroatoms. The van der Waals surface area contributed by atoms with E-state index in [1.54, 1.807) is 0 Å². The van der Waals surface area contributed by atoms with Gasteiger partial charge in [-0.15, -0.1) is 0 Å². The van der Waals surface area contributed by atoms with Crippen molar-refractivity contribution in [1.82, 2.24) is 9.88 Å². The van der Waals surface area contributed by atoms with Crippen molar-refractivity contribution >= 4 is 0 Å². The minimum absolute atomic E-state index is 0.325. The number of aromatic nitrogens is 1. The van der Waals surface area contributed by atoms with E-state index < -0.39 is 0 Å². The average Bonchev–Trinajstić information content (AvgIpc) is 3.42. The van der Waals surface area contributed by atoms with Crippen LogP contribution < -0.4 is 4.74 Å². The molecule has 0 N–H and O–H groups in total. The monoisotopic (exact) mass is 482 g/mol. The molecule has 0 unspecified atom stereocenters. The number of benzene rings is 2. The normalized spacial score (nSPS) is 18.0. The molecule has 1 aromatic heterocycles. The molecule has 1 heterocycles. The Morgan fingerprint density at radius 1 is 0.917 bits per heavy atom. The van der Waals surface area contributed by atoms with Crippen LogP contribution in [0.5, 0.6) is 5.75 Å². The molecule has 2 aromatic carbocycles. The summed E-state index contributed by atoms with van der Waals surface area (Å²) < 4.78 is 6.79. The van der Waals surface area contributed by atoms with Crippen LogP contribution >= 0.6 is 0 Å². The number of hydrogen-bond donors (Lipinski definition) is 0. The third kappa shape index (κ3) is 5.09. The summed E-state index contributed by atoms with van der Waals surface area (Å²) in [5, 5.41) is 0. The van der Waals surface area contributed by atoms with Crippen molar-refractivity contribution in [1.29, 1.82) is 0 Å². The fourth-order valence-corrected chi connectivity index (χ4v) is 6.40. The molecule has 3 nitrogen and oxygen atoms in total. The minimum atomic E-state index is 0.325. The Labute approximate surface area is 217 Å². The molecule has 0 bridgehead atoms. The first-order valence-corrected chi connectivity index (χ1v) is 14.1. The first kappa shape index (κ1) is 25.0. The maximum atomic E-state index is 6.79. The highest BCUT2D eigenvalue weighted by Gasteiger charge is 2.27. The highest BCUT2D eigenvalue weighted by atomic mass is 16.5. The molecule has 2 aliphatic rings. The van der Waals surface area contributed by atoms with E-state index in [9.17, 15) is 0 Å². The third-order valence-electron chi connectivity index (χ3n) is 8.42. The zero-order valence-electron chi connectivity index (χ0n) is 22.6. The Kier molecular flexibility index (Phi) is 7.76. The standard InChI is InChI=1S/C33H42N2O/c1-5-24-14-11-15-25(6-2)33(24)30-21-32(36-27-17-8-9-18-27)29(23(3)34-30)22-35(4)31-20-12-16-26-13-7-10-19-28(26)31/h7,10-11,13-15,19,21,27,31H,5-6,8-9,12,16-18,20,22H2,1-4H3/t31-/m1/s1. The lowest BCUT2D eigenvalue weighted by Crippen LogP contribution is -2.28. The van der Waals surface area contributed by atoms with E-state index in [2.05, 4.69) is 81.2 Å². The lowest BCUT2D eigenvalue weighted by atomic mass is 9.87. The first-order valence-electron chi connectivity index (χ1n) is 14.1. The fraction of sp³-hybridized carbons (Fsp3) is 0.485. The van der Waals surface area contributed by atoms with Crippen LogP contribution in [0.2, 0.25) is 0 Å². The molecule has 1 saturated carbocycles. The molecule has 5 rings (SSSR count). The number of fused-ring (bicyclic) bond motifs is 1. The van der Waals surface area contributed by atoms with Crippen LogP contribution in [0.15, 0.2) is 48.5 Å². The average molecular weight is 483 g/mol. The maximum Gasteiger partial charge on any atom is 0.128 e. The van der Waals surface area contributed by atoms with Gasteiger partial charge in [0.25, 0.3) is 0 Å². The largest absolute Gasteiger partial charge is 0.490 e. The SMILES string of the molecule is CCc1cccc(CC)c1-c1cc(OC2CCCC2)c(CN(C)[C@@H]2CCCc3ccccc32)c(C)n1. The molecule has 190 valence electrons. The van der Waals surface area contributed by atoms with Crippen molar-refractivity contribution in [2.75, 3.05) is 7.05 Å². The molecule has 1 fully saturated rings. The van der Waals surface area contributed by atoms with Crippen molar-refractivity contribution < 1.29 is 4.74 Å². The highest BCUT2D eigenvalue weighted by Crippen LogP contribution is 2.38. The second-order valence-corrected chi connectivity index (χ2v) is 10.8. The molecule has 0 radical (unpaired) electrons. The summed E-state index contributed by atoms with van der Waals surface area (Å²) in [5.41, 5.74) is 10.5. The molecule has 36 heavy (non-hydrogen) atoms. The van der Waals surface area contributed by atoms with E-state index in [0.717, 1.165) is 49.4 Å². The van der Waals surface area contributed by atoms with E-state index in [1.165, 1.54) is 65.5 Å². The first-order chi connectivity index (χ1) is 17.6. The summed E-state index contributed by atoms with van der Waals surface area (Å²) >= 11 is 0. The number of ether oxygens (including phenoxy) is 1. The lowest BCUT2D eigenvalue weighted by Gasteiger charge is -2.34. The summed E-state index contributed by atoms with van der Waals surface area (Å²) in [7, 11) is 2.28. The van der Waals surface area contributed by atoms with E-state index in [0.29, 0.717) is 12.1 Å². The van der Waals surface area contributed by atoms with Crippen LogP contribution in [0.25, 0.3) is 11.3 Å². The van der Waals surface area contributed by atoms with Gasteiger partial charge in [-0.05, 0) is 94.0 Å². The Balaban J connectivity index is 1.53. The number of pyridine rings is 1. The quantitative estimate of drug-likeness (QED) is 0.325. The number of nitrogens with zero attached hydrogens (tertiary/aromatic N) is 2. The molecule has 2 aliphatic carbocycles. The Morgan fingerprint density at radius 3 is 2.36 bits per heavy atom. The summed E-state index contributed by atoms with van der Waals surface area (Å²) in [5.74, 6) is 1.05. The van der Waals surface area contributed by atoms with Gasteiger partial charge in [0.05, 0.1) is 11.8 Å². The van der Waals surface area contributed by atoms with Crippen LogP contribution in [0, 0.1) is 6.92 Å². The molecular weight excluding hydrogens is 440 g/mol. The van der Waals surface area contributed by atoms with Gasteiger partial charge >= 0.3 is 0 Å². The topological polar surface area (TPSA) is 25.4 Å². The van der Waals surface area contributed by atoms with E-state index >= 15 is 0 Å². The van der Waals surface area contributed by atoms with Crippen molar-refractivity contribution in [2.45, 2.75) is 97.2 Å². The van der Waals surface area contributed by atoms with Gasteiger partial charge in [-0.25, -0.2) is 0 Å². The summed E-state index contributed by atoms with van der Waals surface area (Å²) in [6, 6.07) is 18.4. The molecule has 0 spiro atoms. The lowest BCUT2D eigenvalue weighted by molar-refractivity contribution is 0.189. The number of hydrogen-bond acceptors (Lipinski definition) is 3. The third-order valence-corrected chi connectivity index (χ3v) is 8.42. The zero-order valence-corrected chi connectivity index (χ0v) is 22.6. The highest BCUT2D eigenvalue weighted by molar-refractivity contribution is 5.70. The van der Waals surface area contributed by atoms with Gasteiger partial charge in [-0.3, -0.25) is 9.88 Å². The van der Waals surface area contributed by atoms with Crippen LogP contribution in [0.1, 0.15) is 91.9 Å². The zero-order chi connectivity index (χ0) is 25.1. The van der Waals surface area contributed by atoms with E-state index in [4.69, 9.17) is 9.72 Å². The smallest absolute Gasteiger partial charge is 0.128 e.